The number of hydrogen-bond donors (Lipinski definition) is 0. The van der Waals surface area contributed by atoms with Gasteiger partial charge in [-0.05, 0) is 43.4 Å². The molecular weight excluding hydrogens is 460 g/mol. The van der Waals surface area contributed by atoms with Crippen LogP contribution in [0.5, 0.6) is 0 Å². The van der Waals surface area contributed by atoms with Crippen LogP contribution in [-0.4, -0.2) is 25.2 Å². The molecule has 0 heterocycles. The molecule has 0 aliphatic carbocycles. The van der Waals surface area contributed by atoms with Crippen molar-refractivity contribution in [3.05, 3.63) is 0 Å². The normalized spacial score (nSPS) is 13.2. The molecular formula is C33H64O4. The highest BCUT2D eigenvalue weighted by Crippen LogP contribution is 2.33. The van der Waals surface area contributed by atoms with Crippen molar-refractivity contribution in [2.45, 2.75) is 164 Å². The van der Waals surface area contributed by atoms with Crippen molar-refractivity contribution < 1.29 is 19.1 Å². The number of carbonyl (C=O) groups is 2. The molecule has 2 unspecified atom stereocenters. The fourth-order valence-electron chi connectivity index (χ4n) is 5.34. The van der Waals surface area contributed by atoms with Crippen molar-refractivity contribution in [1.82, 2.24) is 0 Å². The molecule has 0 rings (SSSR count). The van der Waals surface area contributed by atoms with E-state index in [2.05, 4.69) is 41.5 Å². The van der Waals surface area contributed by atoms with E-state index < -0.39 is 0 Å². The Bertz CT molecular complexity index is 528. The van der Waals surface area contributed by atoms with E-state index in [9.17, 15) is 9.59 Å². The quantitative estimate of drug-likeness (QED) is 0.0834. The summed E-state index contributed by atoms with van der Waals surface area (Å²) in [5.41, 5.74) is 0. The van der Waals surface area contributed by atoms with E-state index >= 15 is 0 Å². The Labute approximate surface area is 231 Å². The Hall–Kier alpha value is -1.06. The van der Waals surface area contributed by atoms with Gasteiger partial charge in [0.1, 0.15) is 0 Å². The van der Waals surface area contributed by atoms with Crippen LogP contribution in [0, 0.1) is 23.7 Å². The van der Waals surface area contributed by atoms with Gasteiger partial charge in [0.2, 0.25) is 0 Å². The van der Waals surface area contributed by atoms with Gasteiger partial charge in [-0.1, -0.05) is 131 Å². The molecule has 0 saturated heterocycles. The lowest BCUT2D eigenvalue weighted by atomic mass is 9.74. The number of unbranched alkanes of at least 4 members (excludes halogenated alkanes) is 14. The molecule has 0 aromatic rings. The lowest BCUT2D eigenvalue weighted by molar-refractivity contribution is -0.153. The largest absolute Gasteiger partial charge is 0.466 e. The van der Waals surface area contributed by atoms with Crippen LogP contribution in [0.25, 0.3) is 0 Å². The van der Waals surface area contributed by atoms with E-state index in [0.717, 1.165) is 44.9 Å². The Balaban J connectivity index is 3.94. The maximum absolute atomic E-state index is 12.9. The van der Waals surface area contributed by atoms with Crippen molar-refractivity contribution in [3.8, 4) is 0 Å². The topological polar surface area (TPSA) is 52.6 Å². The zero-order valence-corrected chi connectivity index (χ0v) is 25.8. The summed E-state index contributed by atoms with van der Waals surface area (Å²) in [7, 11) is 0. The predicted octanol–water partition coefficient (Wildman–Crippen LogP) is 10.1. The van der Waals surface area contributed by atoms with E-state index in [-0.39, 0.29) is 17.9 Å². The van der Waals surface area contributed by atoms with E-state index in [4.69, 9.17) is 9.47 Å². The van der Waals surface area contributed by atoms with E-state index in [0.29, 0.717) is 37.4 Å². The van der Waals surface area contributed by atoms with Crippen LogP contribution in [0.1, 0.15) is 164 Å². The Morgan fingerprint density at radius 2 is 1.00 bits per heavy atom. The minimum absolute atomic E-state index is 0.0175. The molecule has 220 valence electrons. The van der Waals surface area contributed by atoms with Gasteiger partial charge in [-0.2, -0.15) is 0 Å². The number of rotatable bonds is 26. The monoisotopic (exact) mass is 524 g/mol. The molecule has 0 aliphatic rings. The summed E-state index contributed by atoms with van der Waals surface area (Å²) in [4.78, 5) is 24.7. The highest BCUT2D eigenvalue weighted by atomic mass is 16.5. The van der Waals surface area contributed by atoms with Crippen molar-refractivity contribution in [3.63, 3.8) is 0 Å². The molecule has 0 aromatic carbocycles. The highest BCUT2D eigenvalue weighted by Gasteiger charge is 2.33. The van der Waals surface area contributed by atoms with Crippen LogP contribution in [0.2, 0.25) is 0 Å². The molecule has 4 nitrogen and oxygen atoms in total. The number of esters is 2. The second-order valence-corrected chi connectivity index (χ2v) is 11.9. The molecule has 4 heteroatoms. The molecule has 0 bridgehead atoms. The number of ether oxygens (including phenoxy) is 2. The molecule has 0 radical (unpaired) electrons. The van der Waals surface area contributed by atoms with Crippen LogP contribution < -0.4 is 0 Å². The van der Waals surface area contributed by atoms with Crippen LogP contribution in [-0.2, 0) is 19.1 Å². The van der Waals surface area contributed by atoms with Crippen LogP contribution in [0.15, 0.2) is 0 Å². The standard InChI is InChI=1S/C33H64O4/c1-7-9-11-22-26-36-31(34)25-21-19-17-15-13-14-16-18-20-24-30(28(3)4)32(29(5)6)33(35)37-27-23-12-10-8-2/h28-30,32H,7-27H2,1-6H3. The van der Waals surface area contributed by atoms with Crippen molar-refractivity contribution in [2.24, 2.45) is 23.7 Å². The van der Waals surface area contributed by atoms with Gasteiger partial charge in [0.25, 0.3) is 0 Å². The average molecular weight is 525 g/mol. The summed E-state index contributed by atoms with van der Waals surface area (Å²) < 4.78 is 11.0. The SMILES string of the molecule is CCCCCCOC(=O)CCCCCCCCCCCC(C(C)C)C(C(=O)OCCCCCC)C(C)C. The molecule has 0 aliphatic heterocycles. The minimum atomic E-state index is -0.0175. The fraction of sp³-hybridized carbons (Fsp3) is 0.939. The Morgan fingerprint density at radius 1 is 0.541 bits per heavy atom. The zero-order chi connectivity index (χ0) is 27.7. The molecule has 0 fully saturated rings. The summed E-state index contributed by atoms with van der Waals surface area (Å²) in [5, 5.41) is 0. The van der Waals surface area contributed by atoms with Gasteiger partial charge in [0.05, 0.1) is 19.1 Å². The second-order valence-electron chi connectivity index (χ2n) is 11.9. The molecule has 2 atom stereocenters. The first-order valence-electron chi connectivity index (χ1n) is 16.2. The Kier molecular flexibility index (Phi) is 24.5. The fourth-order valence-corrected chi connectivity index (χ4v) is 5.34. The zero-order valence-electron chi connectivity index (χ0n) is 25.8. The van der Waals surface area contributed by atoms with E-state index in [1.54, 1.807) is 0 Å². The average Bonchev–Trinajstić information content (AvgIpc) is 2.85. The summed E-state index contributed by atoms with van der Waals surface area (Å²) in [6.45, 7) is 14.5. The predicted molar refractivity (Wildman–Crippen MR) is 158 cm³/mol. The third-order valence-electron chi connectivity index (χ3n) is 7.73. The maximum Gasteiger partial charge on any atom is 0.309 e. The lowest BCUT2D eigenvalue weighted by Crippen LogP contribution is -2.33. The van der Waals surface area contributed by atoms with Gasteiger partial charge in [-0.25, -0.2) is 0 Å². The third-order valence-corrected chi connectivity index (χ3v) is 7.73. The van der Waals surface area contributed by atoms with Gasteiger partial charge in [-0.3, -0.25) is 9.59 Å². The van der Waals surface area contributed by atoms with Gasteiger partial charge >= 0.3 is 11.9 Å². The molecule has 0 amide bonds. The van der Waals surface area contributed by atoms with Crippen LogP contribution >= 0.6 is 0 Å². The van der Waals surface area contributed by atoms with E-state index in [1.807, 2.05) is 0 Å². The summed E-state index contributed by atoms with van der Waals surface area (Å²) >= 11 is 0. The molecule has 0 aromatic heterocycles. The number of carbonyl (C=O) groups excluding carboxylic acids is 2. The van der Waals surface area contributed by atoms with Crippen LogP contribution in [0.3, 0.4) is 0 Å². The minimum Gasteiger partial charge on any atom is -0.466 e. The number of hydrogen-bond acceptors (Lipinski definition) is 4. The van der Waals surface area contributed by atoms with Crippen molar-refractivity contribution in [1.29, 1.82) is 0 Å². The van der Waals surface area contributed by atoms with Crippen molar-refractivity contribution >= 4 is 11.9 Å². The van der Waals surface area contributed by atoms with Gasteiger partial charge in [0, 0.05) is 6.42 Å². The first-order chi connectivity index (χ1) is 17.8. The summed E-state index contributed by atoms with van der Waals surface area (Å²) in [6, 6.07) is 0. The van der Waals surface area contributed by atoms with Gasteiger partial charge < -0.3 is 9.47 Å². The smallest absolute Gasteiger partial charge is 0.309 e. The lowest BCUT2D eigenvalue weighted by Gasteiger charge is -2.31. The first-order valence-corrected chi connectivity index (χ1v) is 16.2. The molecule has 0 saturated carbocycles. The summed E-state index contributed by atoms with van der Waals surface area (Å²) in [6.07, 6.45) is 21.8. The molecule has 0 spiro atoms. The van der Waals surface area contributed by atoms with Gasteiger partial charge in [-0.15, -0.1) is 0 Å². The molecule has 0 N–H and O–H groups in total. The van der Waals surface area contributed by atoms with E-state index in [1.165, 1.54) is 70.6 Å². The van der Waals surface area contributed by atoms with Gasteiger partial charge in [0.15, 0.2) is 0 Å². The first kappa shape index (κ1) is 35.9. The third kappa shape index (κ3) is 20.6. The maximum atomic E-state index is 12.9. The second kappa shape index (κ2) is 25.2. The highest BCUT2D eigenvalue weighted by molar-refractivity contribution is 5.73. The summed E-state index contributed by atoms with van der Waals surface area (Å²) in [5.74, 6) is 1.26. The van der Waals surface area contributed by atoms with Crippen molar-refractivity contribution in [2.75, 3.05) is 13.2 Å². The molecule has 37 heavy (non-hydrogen) atoms. The Morgan fingerprint density at radius 3 is 1.49 bits per heavy atom. The van der Waals surface area contributed by atoms with Crippen LogP contribution in [0.4, 0.5) is 0 Å².